The molecule has 0 aliphatic carbocycles. The van der Waals surface area contributed by atoms with E-state index in [1.807, 2.05) is 31.2 Å². The number of fused-ring (bicyclic) bond motifs is 1. The molecule has 3 atom stereocenters. The van der Waals surface area contributed by atoms with E-state index in [0.717, 1.165) is 11.3 Å². The Kier molecular flexibility index (Phi) is 8.40. The van der Waals surface area contributed by atoms with Crippen molar-refractivity contribution in [1.82, 2.24) is 14.7 Å². The van der Waals surface area contributed by atoms with E-state index < -0.39 is 28.0 Å². The number of aliphatic hydroxyl groups is 1. The summed E-state index contributed by atoms with van der Waals surface area (Å²) in [6.07, 6.45) is 0.864. The average molecular weight is 540 g/mol. The Morgan fingerprint density at radius 3 is 2.39 bits per heavy atom. The molecule has 200 valence electrons. The smallest absolute Gasteiger partial charge is 0.243 e. The van der Waals surface area contributed by atoms with Crippen LogP contribution in [-0.4, -0.2) is 46.2 Å². The lowest BCUT2D eigenvalue weighted by atomic mass is 10.1. The fraction of sp³-hybridized carbons (Fsp3) is 0.259. The van der Waals surface area contributed by atoms with Gasteiger partial charge in [-0.15, -0.1) is 0 Å². The van der Waals surface area contributed by atoms with Crippen LogP contribution in [0.5, 0.6) is 11.6 Å². The molecule has 4 aromatic rings. The highest BCUT2D eigenvalue weighted by molar-refractivity contribution is 7.91. The van der Waals surface area contributed by atoms with Crippen LogP contribution in [0.1, 0.15) is 25.5 Å². The second-order valence-corrected chi connectivity index (χ2v) is 10.7. The molecule has 0 spiro atoms. The van der Waals surface area contributed by atoms with Crippen molar-refractivity contribution in [1.29, 1.82) is 0 Å². The van der Waals surface area contributed by atoms with Crippen molar-refractivity contribution in [2.45, 2.75) is 30.9 Å². The van der Waals surface area contributed by atoms with Gasteiger partial charge in [-0.05, 0) is 61.9 Å². The largest absolute Gasteiger partial charge is 0.497 e. The predicted octanol–water partition coefficient (Wildman–Crippen LogP) is 5.00. The van der Waals surface area contributed by atoms with E-state index in [1.54, 1.807) is 50.6 Å². The van der Waals surface area contributed by atoms with Crippen LogP contribution < -0.4 is 19.5 Å². The number of benzene rings is 2. The van der Waals surface area contributed by atoms with Gasteiger partial charge in [0, 0.05) is 35.6 Å². The van der Waals surface area contributed by atoms with Gasteiger partial charge >= 0.3 is 0 Å². The van der Waals surface area contributed by atoms with Crippen LogP contribution in [0.25, 0.3) is 10.9 Å². The van der Waals surface area contributed by atoms with Gasteiger partial charge in [0.1, 0.15) is 21.2 Å². The molecular weight excluding hydrogens is 509 g/mol. The van der Waals surface area contributed by atoms with E-state index in [1.165, 1.54) is 13.2 Å². The Bertz CT molecular complexity index is 1520. The van der Waals surface area contributed by atoms with Gasteiger partial charge in [-0.3, -0.25) is 4.98 Å². The summed E-state index contributed by atoms with van der Waals surface area (Å²) in [5.74, 6) is 0.129. The monoisotopic (exact) mass is 539 g/mol. The maximum absolute atomic E-state index is 14.1. The SMILES string of the molecule is COc1ccc(C(C)N=S(=O)(NCC(C)O)c2ccc(Nc3ccnc4c(OC)nc(F)cc34)cc2)cc1. The molecule has 2 aromatic carbocycles. The molecule has 11 heteroatoms. The van der Waals surface area contributed by atoms with E-state index in [9.17, 15) is 13.7 Å². The molecule has 9 nitrogen and oxygen atoms in total. The minimum absolute atomic E-state index is 0.0931. The summed E-state index contributed by atoms with van der Waals surface area (Å²) < 4.78 is 46.1. The van der Waals surface area contributed by atoms with Crippen LogP contribution in [0.4, 0.5) is 15.8 Å². The van der Waals surface area contributed by atoms with Crippen molar-refractivity contribution in [3.8, 4) is 11.6 Å². The van der Waals surface area contributed by atoms with Crippen molar-refractivity contribution in [3.05, 3.63) is 78.4 Å². The molecule has 0 saturated heterocycles. The van der Waals surface area contributed by atoms with Crippen LogP contribution in [0.2, 0.25) is 0 Å². The zero-order valence-corrected chi connectivity index (χ0v) is 22.3. The molecule has 3 N–H and O–H groups in total. The van der Waals surface area contributed by atoms with Gasteiger partial charge in [-0.1, -0.05) is 12.1 Å². The lowest BCUT2D eigenvalue weighted by Crippen LogP contribution is -2.31. The maximum Gasteiger partial charge on any atom is 0.243 e. The zero-order chi connectivity index (χ0) is 27.3. The summed E-state index contributed by atoms with van der Waals surface area (Å²) in [5.41, 5.74) is 2.58. The number of aromatic nitrogens is 2. The highest BCUT2D eigenvalue weighted by atomic mass is 32.2. The third-order valence-electron chi connectivity index (χ3n) is 5.79. The summed E-state index contributed by atoms with van der Waals surface area (Å²) in [7, 11) is -0.0902. The number of pyridine rings is 2. The van der Waals surface area contributed by atoms with Crippen molar-refractivity contribution < 1.29 is 23.2 Å². The molecule has 0 bridgehead atoms. The number of nitrogens with one attached hydrogen (secondary N) is 2. The standard InChI is InChI=1S/C27H30FN5O4S/c1-17(34)16-30-38(35,33-18(2)19-5-9-21(36-3)10-6-19)22-11-7-20(8-12-22)31-24-13-14-29-26-23(24)15-25(28)32-27(26)37-4/h5-15,17-18,34H,16H2,1-4H3,(H,29,31)(H,30,33,35). The van der Waals surface area contributed by atoms with Crippen LogP contribution in [-0.2, 0) is 9.92 Å². The number of aliphatic hydroxyl groups excluding tert-OH is 1. The second-order valence-electron chi connectivity index (χ2n) is 8.64. The van der Waals surface area contributed by atoms with Crippen LogP contribution in [0, 0.1) is 5.95 Å². The van der Waals surface area contributed by atoms with E-state index in [4.69, 9.17) is 9.47 Å². The van der Waals surface area contributed by atoms with Gasteiger partial charge in [0.05, 0.1) is 31.3 Å². The molecule has 0 fully saturated rings. The van der Waals surface area contributed by atoms with E-state index in [-0.39, 0.29) is 12.4 Å². The molecule has 38 heavy (non-hydrogen) atoms. The minimum atomic E-state index is -3.09. The van der Waals surface area contributed by atoms with Crippen molar-refractivity contribution in [2.75, 3.05) is 26.1 Å². The Labute approximate surface area is 221 Å². The number of nitrogens with zero attached hydrogens (tertiary/aromatic N) is 3. The first kappa shape index (κ1) is 27.2. The number of anilines is 2. The number of methoxy groups -OCH3 is 2. The summed E-state index contributed by atoms with van der Waals surface area (Å²) in [4.78, 5) is 8.46. The average Bonchev–Trinajstić information content (AvgIpc) is 2.92. The molecule has 0 saturated carbocycles. The van der Waals surface area contributed by atoms with Gasteiger partial charge in [-0.25, -0.2) is 13.3 Å². The molecule has 0 aliphatic heterocycles. The number of ether oxygens (including phenoxy) is 2. The number of hydrogen-bond acceptors (Lipinski definition) is 8. The Balaban J connectivity index is 1.65. The van der Waals surface area contributed by atoms with Crippen LogP contribution in [0.3, 0.4) is 0 Å². The van der Waals surface area contributed by atoms with E-state index >= 15 is 0 Å². The third kappa shape index (κ3) is 6.18. The van der Waals surface area contributed by atoms with E-state index in [2.05, 4.69) is 24.4 Å². The summed E-state index contributed by atoms with van der Waals surface area (Å²) in [5, 5.41) is 13.6. The van der Waals surface area contributed by atoms with Crippen molar-refractivity contribution in [2.24, 2.45) is 4.36 Å². The van der Waals surface area contributed by atoms with Gasteiger partial charge in [0.25, 0.3) is 0 Å². The van der Waals surface area contributed by atoms with Crippen LogP contribution in [0.15, 0.2) is 76.1 Å². The van der Waals surface area contributed by atoms with Crippen molar-refractivity contribution >= 4 is 32.2 Å². The van der Waals surface area contributed by atoms with Gasteiger partial charge in [0.15, 0.2) is 0 Å². The second kappa shape index (κ2) is 11.7. The van der Waals surface area contributed by atoms with Gasteiger partial charge < -0.3 is 19.9 Å². The highest BCUT2D eigenvalue weighted by Crippen LogP contribution is 2.31. The Morgan fingerprint density at radius 2 is 1.76 bits per heavy atom. The van der Waals surface area contributed by atoms with E-state index in [0.29, 0.717) is 27.2 Å². The molecule has 0 aliphatic rings. The topological polar surface area (TPSA) is 118 Å². The first-order valence-electron chi connectivity index (χ1n) is 11.9. The predicted molar refractivity (Wildman–Crippen MR) is 146 cm³/mol. The van der Waals surface area contributed by atoms with Crippen molar-refractivity contribution in [3.63, 3.8) is 0 Å². The maximum atomic E-state index is 14.1. The summed E-state index contributed by atoms with van der Waals surface area (Å²) >= 11 is 0. The zero-order valence-electron chi connectivity index (χ0n) is 21.5. The summed E-state index contributed by atoms with van der Waals surface area (Å²) in [6, 6.07) is 16.9. The number of hydrogen-bond donors (Lipinski definition) is 3. The molecule has 2 heterocycles. The summed E-state index contributed by atoms with van der Waals surface area (Å²) in [6.45, 7) is 3.57. The number of halogens is 1. The van der Waals surface area contributed by atoms with Crippen LogP contribution >= 0.6 is 0 Å². The quantitative estimate of drug-likeness (QED) is 0.243. The first-order chi connectivity index (χ1) is 18.2. The number of rotatable bonds is 10. The minimum Gasteiger partial charge on any atom is -0.497 e. The molecule has 2 aromatic heterocycles. The first-order valence-corrected chi connectivity index (χ1v) is 13.4. The molecule has 0 radical (unpaired) electrons. The third-order valence-corrected chi connectivity index (χ3v) is 7.87. The van der Waals surface area contributed by atoms with Gasteiger partial charge in [0.2, 0.25) is 11.8 Å². The molecule has 4 rings (SSSR count). The fourth-order valence-corrected chi connectivity index (χ4v) is 5.70. The fourth-order valence-electron chi connectivity index (χ4n) is 3.80. The normalized spacial score (nSPS) is 14.4. The molecule has 3 unspecified atom stereocenters. The highest BCUT2D eigenvalue weighted by Gasteiger charge is 2.17. The molecular formula is C27H30FN5O4S. The Hall–Kier alpha value is -3.80. The van der Waals surface area contributed by atoms with Gasteiger partial charge in [-0.2, -0.15) is 9.37 Å². The Morgan fingerprint density at radius 1 is 1.05 bits per heavy atom. The lowest BCUT2D eigenvalue weighted by Gasteiger charge is -2.17. The molecule has 0 amide bonds. The lowest BCUT2D eigenvalue weighted by molar-refractivity contribution is 0.199.